The van der Waals surface area contributed by atoms with Crippen molar-refractivity contribution in [2.75, 3.05) is 13.2 Å². The summed E-state index contributed by atoms with van der Waals surface area (Å²) in [5, 5.41) is 0. The van der Waals surface area contributed by atoms with Crippen LogP contribution in [0.3, 0.4) is 0 Å². The highest BCUT2D eigenvalue weighted by Crippen LogP contribution is 2.31. The molecule has 2 rings (SSSR count). The van der Waals surface area contributed by atoms with Crippen molar-refractivity contribution in [1.29, 1.82) is 0 Å². The van der Waals surface area contributed by atoms with Crippen LogP contribution in [0.1, 0.15) is 33.1 Å². The Bertz CT molecular complexity index is 267. The van der Waals surface area contributed by atoms with Crippen LogP contribution in [0, 0.1) is 0 Å². The second kappa shape index (κ2) is 4.06. The lowest BCUT2D eigenvalue weighted by Gasteiger charge is -2.39. The molecule has 2 saturated heterocycles. The Balaban J connectivity index is 2.02. The molecule has 0 saturated carbocycles. The Hall–Kier alpha value is -0.0900. The number of carbonyl (C=O) groups excluding carboxylic acids is 1. The summed E-state index contributed by atoms with van der Waals surface area (Å²) in [6.07, 6.45) is 2.88. The molecule has 2 atom stereocenters. The van der Waals surface area contributed by atoms with E-state index in [1.807, 2.05) is 4.90 Å². The van der Waals surface area contributed by atoms with E-state index >= 15 is 0 Å². The van der Waals surface area contributed by atoms with E-state index in [-0.39, 0.29) is 16.3 Å². The highest BCUT2D eigenvalue weighted by atomic mass is 79.9. The number of alkyl halides is 1. The zero-order valence-corrected chi connectivity index (χ0v) is 10.9. The van der Waals surface area contributed by atoms with Crippen molar-refractivity contribution in [1.82, 2.24) is 4.90 Å². The molecule has 4 heteroatoms. The fraction of sp³-hybridized carbons (Fsp3) is 0.909. The highest BCUT2D eigenvalue weighted by Gasteiger charge is 2.38. The average molecular weight is 276 g/mol. The maximum Gasteiger partial charge on any atom is 0.236 e. The van der Waals surface area contributed by atoms with Crippen LogP contribution in [0.2, 0.25) is 0 Å². The lowest BCUT2D eigenvalue weighted by atomic mass is 9.93. The maximum atomic E-state index is 11.9. The first-order valence-electron chi connectivity index (χ1n) is 5.58. The van der Waals surface area contributed by atoms with Gasteiger partial charge in [-0.05, 0) is 33.1 Å². The number of hydrogen-bond acceptors (Lipinski definition) is 2. The molecule has 2 aliphatic heterocycles. The number of amides is 1. The smallest absolute Gasteiger partial charge is 0.236 e. The number of ether oxygens (including phenoxy) is 1. The van der Waals surface area contributed by atoms with E-state index in [0.29, 0.717) is 6.04 Å². The number of likely N-dealkylation sites (tertiary alicyclic amines) is 1. The van der Waals surface area contributed by atoms with E-state index in [1.165, 1.54) is 0 Å². The third-order valence-corrected chi connectivity index (χ3v) is 4.14. The molecular formula is C11H18BrNO2. The lowest BCUT2D eigenvalue weighted by Crippen LogP contribution is -2.47. The minimum Gasteiger partial charge on any atom is -0.375 e. The van der Waals surface area contributed by atoms with E-state index < -0.39 is 0 Å². The van der Waals surface area contributed by atoms with Gasteiger partial charge in [-0.1, -0.05) is 15.9 Å². The lowest BCUT2D eigenvalue weighted by molar-refractivity contribution is -0.135. The van der Waals surface area contributed by atoms with Crippen molar-refractivity contribution in [3.05, 3.63) is 0 Å². The molecule has 0 radical (unpaired) electrons. The molecule has 0 aromatic heterocycles. The summed E-state index contributed by atoms with van der Waals surface area (Å²) >= 11 is 3.42. The van der Waals surface area contributed by atoms with Gasteiger partial charge in [0.15, 0.2) is 0 Å². The second-order valence-corrected chi connectivity index (χ2v) is 6.15. The normalized spacial score (nSPS) is 35.9. The Kier molecular flexibility index (Phi) is 3.08. The average Bonchev–Trinajstić information content (AvgIpc) is 2.46. The Morgan fingerprint density at radius 2 is 2.20 bits per heavy atom. The van der Waals surface area contributed by atoms with Gasteiger partial charge in [0.2, 0.25) is 5.91 Å². The topological polar surface area (TPSA) is 29.5 Å². The van der Waals surface area contributed by atoms with Gasteiger partial charge in [0, 0.05) is 19.2 Å². The first-order valence-corrected chi connectivity index (χ1v) is 6.50. The molecule has 2 heterocycles. The van der Waals surface area contributed by atoms with Gasteiger partial charge >= 0.3 is 0 Å². The fourth-order valence-electron chi connectivity index (χ4n) is 2.49. The van der Waals surface area contributed by atoms with Crippen molar-refractivity contribution in [3.8, 4) is 0 Å². The van der Waals surface area contributed by atoms with Crippen LogP contribution >= 0.6 is 15.9 Å². The van der Waals surface area contributed by atoms with Gasteiger partial charge in [-0.3, -0.25) is 4.79 Å². The predicted molar refractivity (Wildman–Crippen MR) is 62.1 cm³/mol. The van der Waals surface area contributed by atoms with E-state index in [4.69, 9.17) is 4.74 Å². The van der Waals surface area contributed by atoms with Crippen molar-refractivity contribution < 1.29 is 9.53 Å². The molecule has 86 valence electrons. The van der Waals surface area contributed by atoms with Crippen LogP contribution in [0.15, 0.2) is 0 Å². The molecule has 0 spiro atoms. The minimum absolute atomic E-state index is 0.0449. The first-order chi connectivity index (χ1) is 6.99. The molecule has 1 amide bonds. The number of carbonyl (C=O) groups is 1. The van der Waals surface area contributed by atoms with Gasteiger partial charge in [-0.25, -0.2) is 0 Å². The van der Waals surface area contributed by atoms with E-state index in [0.717, 1.165) is 32.4 Å². The van der Waals surface area contributed by atoms with Gasteiger partial charge in [0.05, 0.1) is 10.4 Å². The summed E-state index contributed by atoms with van der Waals surface area (Å²) < 4.78 is 5.67. The van der Waals surface area contributed by atoms with Crippen molar-refractivity contribution in [3.63, 3.8) is 0 Å². The highest BCUT2D eigenvalue weighted by molar-refractivity contribution is 9.10. The molecule has 0 aromatic carbocycles. The van der Waals surface area contributed by atoms with Crippen LogP contribution < -0.4 is 0 Å². The van der Waals surface area contributed by atoms with Crippen molar-refractivity contribution in [2.24, 2.45) is 0 Å². The molecule has 0 aromatic rings. The van der Waals surface area contributed by atoms with Crippen LogP contribution in [-0.2, 0) is 9.53 Å². The standard InChI is InChI=1S/C11H18BrNO2/c1-11(2)7-8(4-6-15-11)13-5-3-9(12)10(13)14/h8-9H,3-7H2,1-2H3. The first kappa shape index (κ1) is 11.4. The summed E-state index contributed by atoms with van der Waals surface area (Å²) in [7, 11) is 0. The Morgan fingerprint density at radius 3 is 2.73 bits per heavy atom. The van der Waals surface area contributed by atoms with Crippen molar-refractivity contribution >= 4 is 21.8 Å². The van der Waals surface area contributed by atoms with Crippen LogP contribution in [0.5, 0.6) is 0 Å². The largest absolute Gasteiger partial charge is 0.375 e. The Labute approximate surface area is 99.3 Å². The molecule has 0 aliphatic carbocycles. The zero-order chi connectivity index (χ0) is 11.1. The molecule has 2 aliphatic rings. The fourth-order valence-corrected chi connectivity index (χ4v) is 2.96. The molecule has 3 nitrogen and oxygen atoms in total. The van der Waals surface area contributed by atoms with Crippen molar-refractivity contribution in [2.45, 2.75) is 49.6 Å². The quantitative estimate of drug-likeness (QED) is 0.685. The molecule has 0 bridgehead atoms. The summed E-state index contributed by atoms with van der Waals surface area (Å²) in [5.74, 6) is 0.262. The summed E-state index contributed by atoms with van der Waals surface area (Å²) in [5.41, 5.74) is -0.0758. The van der Waals surface area contributed by atoms with E-state index in [1.54, 1.807) is 0 Å². The third-order valence-electron chi connectivity index (χ3n) is 3.29. The third kappa shape index (κ3) is 2.36. The van der Waals surface area contributed by atoms with Crippen LogP contribution in [0.4, 0.5) is 0 Å². The minimum atomic E-state index is -0.0758. The molecular weight excluding hydrogens is 258 g/mol. The molecule has 15 heavy (non-hydrogen) atoms. The summed E-state index contributed by atoms with van der Waals surface area (Å²) in [4.78, 5) is 13.9. The number of nitrogens with zero attached hydrogens (tertiary/aromatic N) is 1. The van der Waals surface area contributed by atoms with E-state index in [9.17, 15) is 4.79 Å². The molecule has 2 unspecified atom stereocenters. The maximum absolute atomic E-state index is 11.9. The number of hydrogen-bond donors (Lipinski definition) is 0. The summed E-state index contributed by atoms with van der Waals surface area (Å²) in [6, 6.07) is 0.379. The molecule has 0 N–H and O–H groups in total. The molecule has 2 fully saturated rings. The van der Waals surface area contributed by atoms with Gasteiger partial charge in [0.1, 0.15) is 0 Å². The van der Waals surface area contributed by atoms with Gasteiger partial charge < -0.3 is 9.64 Å². The van der Waals surface area contributed by atoms with E-state index in [2.05, 4.69) is 29.8 Å². The SMILES string of the molecule is CC1(C)CC(N2CCC(Br)C2=O)CCO1. The van der Waals surface area contributed by atoms with Crippen LogP contribution in [-0.4, -0.2) is 40.4 Å². The van der Waals surface area contributed by atoms with Crippen LogP contribution in [0.25, 0.3) is 0 Å². The van der Waals surface area contributed by atoms with Gasteiger partial charge in [-0.15, -0.1) is 0 Å². The van der Waals surface area contributed by atoms with Gasteiger partial charge in [-0.2, -0.15) is 0 Å². The summed E-state index contributed by atoms with van der Waals surface area (Å²) in [6.45, 7) is 5.88. The monoisotopic (exact) mass is 275 g/mol. The number of rotatable bonds is 1. The zero-order valence-electron chi connectivity index (χ0n) is 9.33. The number of halogens is 1. The Morgan fingerprint density at radius 1 is 1.47 bits per heavy atom. The predicted octanol–water partition coefficient (Wildman–Crippen LogP) is 1.94. The second-order valence-electron chi connectivity index (χ2n) is 5.04. The van der Waals surface area contributed by atoms with Gasteiger partial charge in [0.25, 0.3) is 0 Å².